The summed E-state index contributed by atoms with van der Waals surface area (Å²) < 4.78 is 5.51. The van der Waals surface area contributed by atoms with Crippen LogP contribution in [0.25, 0.3) is 0 Å². The predicted molar refractivity (Wildman–Crippen MR) is 79.7 cm³/mol. The van der Waals surface area contributed by atoms with Crippen molar-refractivity contribution in [1.29, 1.82) is 0 Å². The van der Waals surface area contributed by atoms with Crippen LogP contribution in [0.15, 0.2) is 0 Å². The molecular formula is C17H23N3O. The van der Waals surface area contributed by atoms with Crippen molar-refractivity contribution in [3.05, 3.63) is 17.1 Å². The summed E-state index contributed by atoms with van der Waals surface area (Å²) in [6.45, 7) is 1.35. The van der Waals surface area contributed by atoms with Gasteiger partial charge in [-0.1, -0.05) is 0 Å². The molecule has 0 amide bonds. The molecule has 0 saturated heterocycles. The Balaban J connectivity index is 1.59. The molecule has 112 valence electrons. The summed E-state index contributed by atoms with van der Waals surface area (Å²) in [6, 6.07) is 0. The van der Waals surface area contributed by atoms with Crippen LogP contribution in [0, 0.1) is 17.8 Å². The van der Waals surface area contributed by atoms with Crippen LogP contribution in [0.4, 0.5) is 5.82 Å². The molecule has 4 heteroatoms. The molecule has 0 aromatic carbocycles. The van der Waals surface area contributed by atoms with E-state index in [1.54, 1.807) is 0 Å². The normalized spacial score (nSPS) is 40.3. The van der Waals surface area contributed by atoms with Gasteiger partial charge in [-0.05, 0) is 56.3 Å². The van der Waals surface area contributed by atoms with Crippen LogP contribution in [0.1, 0.15) is 55.6 Å². The highest BCUT2D eigenvalue weighted by molar-refractivity contribution is 5.44. The molecular weight excluding hydrogens is 262 g/mol. The molecule has 6 rings (SSSR count). The zero-order valence-corrected chi connectivity index (χ0v) is 12.5. The lowest BCUT2D eigenvalue weighted by atomic mass is 9.49. The molecule has 4 fully saturated rings. The first-order valence-electron chi connectivity index (χ1n) is 8.45. The number of rotatable bonds is 1. The van der Waals surface area contributed by atoms with Crippen LogP contribution in [-0.2, 0) is 23.2 Å². The topological polar surface area (TPSA) is 61.0 Å². The average Bonchev–Trinajstić information content (AvgIpc) is 2.46. The summed E-state index contributed by atoms with van der Waals surface area (Å²) >= 11 is 0. The van der Waals surface area contributed by atoms with Crippen LogP contribution in [0.3, 0.4) is 0 Å². The Morgan fingerprint density at radius 2 is 1.67 bits per heavy atom. The smallest absolute Gasteiger partial charge is 0.137 e. The first-order valence-corrected chi connectivity index (χ1v) is 8.45. The fourth-order valence-corrected chi connectivity index (χ4v) is 5.88. The minimum Gasteiger partial charge on any atom is -0.383 e. The Bertz CT molecular complexity index is 563. The molecule has 4 aliphatic carbocycles. The molecule has 5 aliphatic rings. The van der Waals surface area contributed by atoms with Crippen molar-refractivity contribution in [3.8, 4) is 0 Å². The third-order valence-electron chi connectivity index (χ3n) is 6.37. The van der Waals surface area contributed by atoms with E-state index in [2.05, 4.69) is 0 Å². The van der Waals surface area contributed by atoms with Gasteiger partial charge in [-0.2, -0.15) is 0 Å². The third kappa shape index (κ3) is 1.78. The van der Waals surface area contributed by atoms with Crippen molar-refractivity contribution < 1.29 is 4.74 Å². The molecule has 1 aromatic rings. The number of anilines is 1. The second-order valence-electron chi connectivity index (χ2n) is 7.86. The van der Waals surface area contributed by atoms with E-state index in [4.69, 9.17) is 20.4 Å². The van der Waals surface area contributed by atoms with Crippen LogP contribution in [0.2, 0.25) is 0 Å². The summed E-state index contributed by atoms with van der Waals surface area (Å²) in [6.07, 6.45) is 9.14. The third-order valence-corrected chi connectivity index (χ3v) is 6.37. The Hall–Kier alpha value is -1.16. The van der Waals surface area contributed by atoms with Gasteiger partial charge in [0.05, 0.1) is 18.9 Å². The molecule has 4 bridgehead atoms. The Morgan fingerprint density at radius 1 is 1.00 bits per heavy atom. The molecule has 4 nitrogen and oxygen atoms in total. The highest BCUT2D eigenvalue weighted by atomic mass is 16.5. The minimum atomic E-state index is 0.246. The van der Waals surface area contributed by atoms with E-state index in [1.807, 2.05) is 0 Å². The highest BCUT2D eigenvalue weighted by Crippen LogP contribution is 2.60. The number of hydrogen-bond acceptors (Lipinski definition) is 4. The van der Waals surface area contributed by atoms with Crippen LogP contribution >= 0.6 is 0 Å². The largest absolute Gasteiger partial charge is 0.383 e. The molecule has 2 heterocycles. The van der Waals surface area contributed by atoms with E-state index in [9.17, 15) is 0 Å². The van der Waals surface area contributed by atoms with Gasteiger partial charge in [-0.25, -0.2) is 9.97 Å². The summed E-state index contributed by atoms with van der Waals surface area (Å²) in [5, 5.41) is 0. The summed E-state index contributed by atoms with van der Waals surface area (Å²) in [4.78, 5) is 9.76. The first-order chi connectivity index (χ1) is 10.2. The Morgan fingerprint density at radius 3 is 2.33 bits per heavy atom. The number of aromatic nitrogens is 2. The SMILES string of the molecule is Nc1nc(C23CC4CC(CC(C4)C2)C3)nc2c1COCC2. The first kappa shape index (κ1) is 12.4. The van der Waals surface area contributed by atoms with Gasteiger partial charge in [0.2, 0.25) is 0 Å². The van der Waals surface area contributed by atoms with Gasteiger partial charge in [0, 0.05) is 17.4 Å². The number of ether oxygens (including phenoxy) is 1. The highest BCUT2D eigenvalue weighted by Gasteiger charge is 2.53. The van der Waals surface area contributed by atoms with Crippen molar-refractivity contribution >= 4 is 5.82 Å². The van der Waals surface area contributed by atoms with Gasteiger partial charge in [0.15, 0.2) is 0 Å². The summed E-state index contributed by atoms with van der Waals surface area (Å²) in [7, 11) is 0. The zero-order valence-electron chi connectivity index (χ0n) is 12.5. The van der Waals surface area contributed by atoms with Gasteiger partial charge < -0.3 is 10.5 Å². The molecule has 0 radical (unpaired) electrons. The van der Waals surface area contributed by atoms with Crippen LogP contribution < -0.4 is 5.73 Å². The van der Waals surface area contributed by atoms with E-state index in [0.717, 1.165) is 47.9 Å². The van der Waals surface area contributed by atoms with Crippen molar-refractivity contribution in [1.82, 2.24) is 9.97 Å². The monoisotopic (exact) mass is 285 g/mol. The van der Waals surface area contributed by atoms with Crippen molar-refractivity contribution in [2.24, 2.45) is 17.8 Å². The lowest BCUT2D eigenvalue weighted by Gasteiger charge is -2.56. The Labute approximate surface area is 125 Å². The maximum atomic E-state index is 6.23. The van der Waals surface area contributed by atoms with E-state index in [0.29, 0.717) is 12.4 Å². The maximum Gasteiger partial charge on any atom is 0.137 e. The van der Waals surface area contributed by atoms with Gasteiger partial charge in [-0.15, -0.1) is 0 Å². The van der Waals surface area contributed by atoms with E-state index < -0.39 is 0 Å². The van der Waals surface area contributed by atoms with E-state index in [1.165, 1.54) is 38.5 Å². The zero-order chi connectivity index (χ0) is 14.0. The van der Waals surface area contributed by atoms with Gasteiger partial charge >= 0.3 is 0 Å². The summed E-state index contributed by atoms with van der Waals surface area (Å²) in [5.41, 5.74) is 8.67. The Kier molecular flexibility index (Phi) is 2.47. The minimum absolute atomic E-state index is 0.246. The molecule has 0 spiro atoms. The van der Waals surface area contributed by atoms with E-state index in [-0.39, 0.29) is 5.41 Å². The molecule has 0 atom stereocenters. The second kappa shape index (κ2) is 4.19. The molecule has 2 N–H and O–H groups in total. The number of fused-ring (bicyclic) bond motifs is 1. The van der Waals surface area contributed by atoms with Crippen LogP contribution in [0.5, 0.6) is 0 Å². The lowest BCUT2D eigenvalue weighted by Crippen LogP contribution is -2.49. The lowest BCUT2D eigenvalue weighted by molar-refractivity contribution is -0.00964. The van der Waals surface area contributed by atoms with Gasteiger partial charge in [0.1, 0.15) is 11.6 Å². The van der Waals surface area contributed by atoms with Crippen LogP contribution in [-0.4, -0.2) is 16.6 Å². The molecule has 1 aliphatic heterocycles. The number of nitrogens with two attached hydrogens (primary N) is 1. The molecule has 4 saturated carbocycles. The van der Waals surface area contributed by atoms with E-state index >= 15 is 0 Å². The fourth-order valence-electron chi connectivity index (χ4n) is 5.88. The number of hydrogen-bond donors (Lipinski definition) is 1. The molecule has 1 aromatic heterocycles. The fraction of sp³-hybridized carbons (Fsp3) is 0.765. The quantitative estimate of drug-likeness (QED) is 0.861. The predicted octanol–water partition coefficient (Wildman–Crippen LogP) is 2.60. The second-order valence-corrected chi connectivity index (χ2v) is 7.86. The summed E-state index contributed by atoms with van der Waals surface area (Å²) in [5.74, 6) is 4.49. The van der Waals surface area contributed by atoms with Crippen molar-refractivity contribution in [3.63, 3.8) is 0 Å². The average molecular weight is 285 g/mol. The standard InChI is InChI=1S/C17H23N3O/c18-15-13-9-21-2-1-14(13)19-16(20-15)17-6-10-3-11(7-17)5-12(4-10)8-17/h10-12H,1-9H2,(H2,18,19,20). The maximum absolute atomic E-state index is 6.23. The molecule has 0 unspecified atom stereocenters. The number of nitrogens with zero attached hydrogens (tertiary/aromatic N) is 2. The van der Waals surface area contributed by atoms with Crippen molar-refractivity contribution in [2.45, 2.75) is 57.0 Å². The van der Waals surface area contributed by atoms with Crippen molar-refractivity contribution in [2.75, 3.05) is 12.3 Å². The molecule has 21 heavy (non-hydrogen) atoms. The van der Waals surface area contributed by atoms with Gasteiger partial charge in [0.25, 0.3) is 0 Å². The van der Waals surface area contributed by atoms with Gasteiger partial charge in [-0.3, -0.25) is 0 Å². The number of nitrogen functional groups attached to an aromatic ring is 1.